The van der Waals surface area contributed by atoms with Crippen molar-refractivity contribution in [2.24, 2.45) is 0 Å². The molecule has 2 rings (SSSR count). The van der Waals surface area contributed by atoms with Gasteiger partial charge in [-0.1, -0.05) is 0 Å². The average molecular weight is 278 g/mol. The molecule has 0 spiro atoms. The van der Waals surface area contributed by atoms with Crippen LogP contribution in [0.4, 0.5) is 0 Å². The van der Waals surface area contributed by atoms with Crippen molar-refractivity contribution in [3.05, 3.63) is 23.8 Å². The maximum absolute atomic E-state index is 12.2. The summed E-state index contributed by atoms with van der Waals surface area (Å²) in [5.41, 5.74) is 0.449. The number of ether oxygens (including phenoxy) is 2. The molecule has 1 aromatic rings. The second kappa shape index (κ2) is 6.27. The minimum Gasteiger partial charge on any atom is -0.497 e. The molecule has 2 N–H and O–H groups in total. The highest BCUT2D eigenvalue weighted by atomic mass is 16.5. The molecule has 0 aliphatic carbocycles. The molecule has 2 amide bonds. The van der Waals surface area contributed by atoms with Gasteiger partial charge >= 0.3 is 0 Å². The maximum Gasteiger partial charge on any atom is 0.255 e. The topological polar surface area (TPSA) is 76.7 Å². The van der Waals surface area contributed by atoms with Gasteiger partial charge in [0, 0.05) is 25.1 Å². The van der Waals surface area contributed by atoms with Gasteiger partial charge in [0.25, 0.3) is 5.91 Å². The van der Waals surface area contributed by atoms with Crippen LogP contribution in [0.25, 0.3) is 0 Å². The van der Waals surface area contributed by atoms with Gasteiger partial charge in [0.05, 0.1) is 19.8 Å². The Balaban J connectivity index is 2.07. The number of hydrogen-bond donors (Lipinski definition) is 2. The van der Waals surface area contributed by atoms with Crippen LogP contribution in [-0.4, -0.2) is 38.6 Å². The lowest BCUT2D eigenvalue weighted by Gasteiger charge is -2.23. The molecule has 108 valence electrons. The predicted octanol–water partition coefficient (Wildman–Crippen LogP) is 0.712. The summed E-state index contributed by atoms with van der Waals surface area (Å²) in [4.78, 5) is 23.3. The zero-order valence-electron chi connectivity index (χ0n) is 11.6. The quantitative estimate of drug-likeness (QED) is 0.850. The molecule has 20 heavy (non-hydrogen) atoms. The molecule has 6 heteroatoms. The van der Waals surface area contributed by atoms with E-state index < -0.39 is 0 Å². The number of methoxy groups -OCH3 is 2. The van der Waals surface area contributed by atoms with Gasteiger partial charge in [0.1, 0.15) is 11.5 Å². The average Bonchev–Trinajstić information content (AvgIpc) is 2.48. The number of carbonyl (C=O) groups is 2. The molecule has 1 fully saturated rings. The molecule has 1 aromatic carbocycles. The van der Waals surface area contributed by atoms with Crippen LogP contribution in [0.2, 0.25) is 0 Å². The Kier molecular flexibility index (Phi) is 4.45. The second-order valence-electron chi connectivity index (χ2n) is 4.58. The molecule has 0 saturated carbocycles. The van der Waals surface area contributed by atoms with Crippen LogP contribution in [0, 0.1) is 0 Å². The Morgan fingerprint density at radius 1 is 1.35 bits per heavy atom. The molecular formula is C14H18N2O4. The van der Waals surface area contributed by atoms with Gasteiger partial charge in [-0.25, -0.2) is 0 Å². The van der Waals surface area contributed by atoms with Gasteiger partial charge in [-0.15, -0.1) is 0 Å². The maximum atomic E-state index is 12.2. The van der Waals surface area contributed by atoms with E-state index >= 15 is 0 Å². The van der Waals surface area contributed by atoms with Gasteiger partial charge in [0.2, 0.25) is 5.91 Å². The Bertz CT molecular complexity index is 506. The summed E-state index contributed by atoms with van der Waals surface area (Å²) in [7, 11) is 3.06. The molecule has 1 saturated heterocycles. The van der Waals surface area contributed by atoms with Crippen molar-refractivity contribution in [2.75, 3.05) is 20.8 Å². The van der Waals surface area contributed by atoms with E-state index in [-0.39, 0.29) is 17.9 Å². The molecular weight excluding hydrogens is 260 g/mol. The van der Waals surface area contributed by atoms with Crippen molar-refractivity contribution < 1.29 is 19.1 Å². The number of rotatable bonds is 4. The summed E-state index contributed by atoms with van der Waals surface area (Å²) in [5.74, 6) is 0.896. The Morgan fingerprint density at radius 2 is 2.15 bits per heavy atom. The van der Waals surface area contributed by atoms with Crippen LogP contribution < -0.4 is 20.1 Å². The summed E-state index contributed by atoms with van der Waals surface area (Å²) < 4.78 is 10.3. The van der Waals surface area contributed by atoms with E-state index in [4.69, 9.17) is 9.47 Å². The lowest BCUT2D eigenvalue weighted by molar-refractivity contribution is -0.122. The fourth-order valence-electron chi connectivity index (χ4n) is 2.11. The molecule has 6 nitrogen and oxygen atoms in total. The van der Waals surface area contributed by atoms with Crippen molar-refractivity contribution >= 4 is 11.8 Å². The molecule has 0 bridgehead atoms. The zero-order chi connectivity index (χ0) is 14.5. The van der Waals surface area contributed by atoms with E-state index in [1.807, 2.05) is 0 Å². The third-order valence-electron chi connectivity index (χ3n) is 3.25. The highest BCUT2D eigenvalue weighted by Crippen LogP contribution is 2.24. The van der Waals surface area contributed by atoms with Crippen LogP contribution in [0.1, 0.15) is 23.2 Å². The summed E-state index contributed by atoms with van der Waals surface area (Å²) in [5, 5.41) is 5.62. The van der Waals surface area contributed by atoms with Gasteiger partial charge in [-0.05, 0) is 18.6 Å². The van der Waals surface area contributed by atoms with E-state index in [1.54, 1.807) is 25.3 Å². The smallest absolute Gasteiger partial charge is 0.255 e. The van der Waals surface area contributed by atoms with Crippen LogP contribution >= 0.6 is 0 Å². The molecule has 0 radical (unpaired) electrons. The number of piperidine rings is 1. The van der Waals surface area contributed by atoms with E-state index in [1.165, 1.54) is 7.11 Å². The standard InChI is InChI=1S/C14H18N2O4/c1-19-10-4-5-11(12(7-10)20-2)14(18)16-9-3-6-13(17)15-8-9/h4-5,7,9H,3,6,8H2,1-2H3,(H,15,17)(H,16,18). The fourth-order valence-corrected chi connectivity index (χ4v) is 2.11. The first-order valence-corrected chi connectivity index (χ1v) is 6.43. The first kappa shape index (κ1) is 14.2. The normalized spacial score (nSPS) is 18.1. The molecule has 1 heterocycles. The molecule has 1 unspecified atom stereocenters. The minimum atomic E-state index is -0.217. The molecule has 1 atom stereocenters. The van der Waals surface area contributed by atoms with E-state index in [2.05, 4.69) is 10.6 Å². The first-order valence-electron chi connectivity index (χ1n) is 6.43. The summed E-state index contributed by atoms with van der Waals surface area (Å²) in [6.45, 7) is 0.461. The zero-order valence-corrected chi connectivity index (χ0v) is 11.6. The number of amides is 2. The largest absolute Gasteiger partial charge is 0.497 e. The predicted molar refractivity (Wildman–Crippen MR) is 73.0 cm³/mol. The van der Waals surface area contributed by atoms with Crippen LogP contribution in [0.5, 0.6) is 11.5 Å². The number of nitrogens with one attached hydrogen (secondary N) is 2. The lowest BCUT2D eigenvalue weighted by atomic mass is 10.1. The van der Waals surface area contributed by atoms with Crippen LogP contribution in [0.3, 0.4) is 0 Å². The summed E-state index contributed by atoms with van der Waals surface area (Å²) >= 11 is 0. The lowest BCUT2D eigenvalue weighted by Crippen LogP contribution is -2.47. The molecule has 0 aromatic heterocycles. The van der Waals surface area contributed by atoms with E-state index in [9.17, 15) is 9.59 Å². The molecule has 1 aliphatic heterocycles. The monoisotopic (exact) mass is 278 g/mol. The van der Waals surface area contributed by atoms with E-state index in [0.29, 0.717) is 36.4 Å². The third kappa shape index (κ3) is 3.20. The Labute approximate surface area is 117 Å². The van der Waals surface area contributed by atoms with E-state index in [0.717, 1.165) is 0 Å². The minimum absolute atomic E-state index is 0.0255. The number of benzene rings is 1. The summed E-state index contributed by atoms with van der Waals surface area (Å²) in [6, 6.07) is 4.98. The van der Waals surface area contributed by atoms with Gasteiger partial charge in [0.15, 0.2) is 0 Å². The van der Waals surface area contributed by atoms with Crippen LogP contribution in [-0.2, 0) is 4.79 Å². The highest BCUT2D eigenvalue weighted by Gasteiger charge is 2.21. The summed E-state index contributed by atoms with van der Waals surface area (Å²) in [6.07, 6.45) is 1.08. The fraction of sp³-hybridized carbons (Fsp3) is 0.429. The first-order chi connectivity index (χ1) is 9.63. The van der Waals surface area contributed by atoms with Crippen LogP contribution in [0.15, 0.2) is 18.2 Å². The van der Waals surface area contributed by atoms with Gasteiger partial charge in [-0.2, -0.15) is 0 Å². The van der Waals surface area contributed by atoms with Crippen molar-refractivity contribution in [1.29, 1.82) is 0 Å². The Hall–Kier alpha value is -2.24. The third-order valence-corrected chi connectivity index (χ3v) is 3.25. The highest BCUT2D eigenvalue weighted by molar-refractivity contribution is 5.97. The van der Waals surface area contributed by atoms with Crippen molar-refractivity contribution in [1.82, 2.24) is 10.6 Å². The SMILES string of the molecule is COc1ccc(C(=O)NC2CCC(=O)NC2)c(OC)c1. The van der Waals surface area contributed by atoms with Gasteiger partial charge in [-0.3, -0.25) is 9.59 Å². The number of carbonyl (C=O) groups excluding carboxylic acids is 2. The van der Waals surface area contributed by atoms with Gasteiger partial charge < -0.3 is 20.1 Å². The van der Waals surface area contributed by atoms with Crippen molar-refractivity contribution in [3.63, 3.8) is 0 Å². The molecule has 1 aliphatic rings. The van der Waals surface area contributed by atoms with Crippen molar-refractivity contribution in [3.8, 4) is 11.5 Å². The second-order valence-corrected chi connectivity index (χ2v) is 4.58. The number of hydrogen-bond acceptors (Lipinski definition) is 4. The van der Waals surface area contributed by atoms with Crippen molar-refractivity contribution in [2.45, 2.75) is 18.9 Å². The Morgan fingerprint density at radius 3 is 2.75 bits per heavy atom.